The molecule has 0 radical (unpaired) electrons. The highest BCUT2D eigenvalue weighted by Gasteiger charge is 2.00. The fraction of sp³-hybridized carbons (Fsp3) is 0.308. The Labute approximate surface area is 95.1 Å². The first-order valence-electron chi connectivity index (χ1n) is 5.20. The fourth-order valence-electron chi connectivity index (χ4n) is 1.75. The molecule has 0 fully saturated rings. The van der Waals surface area contributed by atoms with Crippen LogP contribution < -0.4 is 0 Å². The second kappa shape index (κ2) is 4.19. The van der Waals surface area contributed by atoms with Gasteiger partial charge in [-0.1, -0.05) is 31.5 Å². The first-order chi connectivity index (χ1) is 7.15. The summed E-state index contributed by atoms with van der Waals surface area (Å²) in [7, 11) is 0. The topological polar surface area (TPSA) is 12.9 Å². The zero-order valence-electron chi connectivity index (χ0n) is 9.00. The minimum Gasteiger partial charge on any atom is -0.236 e. The molecule has 15 heavy (non-hydrogen) atoms. The van der Waals surface area contributed by atoms with Gasteiger partial charge in [-0.05, 0) is 42.2 Å². The van der Waals surface area contributed by atoms with Gasteiger partial charge in [0.05, 0.1) is 5.52 Å². The Bertz CT molecular complexity index is 477. The maximum atomic E-state index is 5.83. The number of fused-ring (bicyclic) bond motifs is 1. The molecule has 0 aliphatic heterocycles. The molecule has 0 atom stereocenters. The molecule has 0 amide bonds. The van der Waals surface area contributed by atoms with Gasteiger partial charge in [0.15, 0.2) is 0 Å². The molecule has 1 aromatic carbocycles. The highest BCUT2D eigenvalue weighted by atomic mass is 35.5. The van der Waals surface area contributed by atoms with Crippen molar-refractivity contribution >= 4 is 22.5 Å². The average Bonchev–Trinajstić information content (AvgIpc) is 2.17. The van der Waals surface area contributed by atoms with Gasteiger partial charge in [-0.15, -0.1) is 0 Å². The molecule has 0 aliphatic carbocycles. The molecule has 2 aromatic rings. The van der Waals surface area contributed by atoms with E-state index < -0.39 is 0 Å². The summed E-state index contributed by atoms with van der Waals surface area (Å²) in [6.45, 7) is 4.45. The van der Waals surface area contributed by atoms with Crippen LogP contribution in [0.25, 0.3) is 10.9 Å². The number of hydrogen-bond donors (Lipinski definition) is 0. The fourth-order valence-corrected chi connectivity index (χ4v) is 1.90. The van der Waals surface area contributed by atoms with Crippen LogP contribution in [0.15, 0.2) is 30.3 Å². The minimum absolute atomic E-state index is 0.555. The molecule has 0 aliphatic rings. The third kappa shape index (κ3) is 2.48. The van der Waals surface area contributed by atoms with E-state index in [1.165, 1.54) is 5.56 Å². The molecule has 0 unspecified atom stereocenters. The monoisotopic (exact) mass is 219 g/mol. The van der Waals surface area contributed by atoms with Crippen molar-refractivity contribution in [2.24, 2.45) is 5.92 Å². The van der Waals surface area contributed by atoms with E-state index in [4.69, 9.17) is 11.6 Å². The lowest BCUT2D eigenvalue weighted by atomic mass is 10.0. The SMILES string of the molecule is CC(C)Cc1ccc2nc(Cl)ccc2c1. The molecule has 0 bridgehead atoms. The third-order valence-corrected chi connectivity index (χ3v) is 2.57. The molecule has 0 saturated heterocycles. The predicted octanol–water partition coefficient (Wildman–Crippen LogP) is 4.09. The van der Waals surface area contributed by atoms with Crippen molar-refractivity contribution in [2.45, 2.75) is 20.3 Å². The molecular formula is C13H14ClN. The van der Waals surface area contributed by atoms with Crippen LogP contribution in [0.4, 0.5) is 0 Å². The van der Waals surface area contributed by atoms with Crippen LogP contribution in [0.5, 0.6) is 0 Å². The van der Waals surface area contributed by atoms with Gasteiger partial charge in [0.1, 0.15) is 5.15 Å². The quantitative estimate of drug-likeness (QED) is 0.694. The van der Waals surface area contributed by atoms with Crippen LogP contribution in [-0.4, -0.2) is 4.98 Å². The minimum atomic E-state index is 0.555. The van der Waals surface area contributed by atoms with Crippen molar-refractivity contribution in [3.63, 3.8) is 0 Å². The Balaban J connectivity index is 2.43. The standard InChI is InChI=1S/C13H14ClN/c1-9(2)7-10-3-5-12-11(8-10)4-6-13(14)15-12/h3-6,8-9H,7H2,1-2H3. The maximum Gasteiger partial charge on any atom is 0.129 e. The van der Waals surface area contributed by atoms with E-state index in [1.54, 1.807) is 0 Å². The summed E-state index contributed by atoms with van der Waals surface area (Å²) in [4.78, 5) is 4.26. The summed E-state index contributed by atoms with van der Waals surface area (Å²) in [5, 5.41) is 1.72. The highest BCUT2D eigenvalue weighted by Crippen LogP contribution is 2.18. The van der Waals surface area contributed by atoms with E-state index in [9.17, 15) is 0 Å². The number of rotatable bonds is 2. The molecule has 0 N–H and O–H groups in total. The van der Waals surface area contributed by atoms with Crippen molar-refractivity contribution in [2.75, 3.05) is 0 Å². The highest BCUT2D eigenvalue weighted by molar-refractivity contribution is 6.29. The number of nitrogens with zero attached hydrogens (tertiary/aromatic N) is 1. The van der Waals surface area contributed by atoms with Gasteiger partial charge < -0.3 is 0 Å². The molecule has 2 rings (SSSR count). The molecule has 1 heterocycles. The Morgan fingerprint density at radius 1 is 1.20 bits per heavy atom. The van der Waals surface area contributed by atoms with Crippen molar-refractivity contribution in [3.05, 3.63) is 41.0 Å². The van der Waals surface area contributed by atoms with Gasteiger partial charge in [0.25, 0.3) is 0 Å². The second-order valence-corrected chi connectivity index (χ2v) is 4.65. The van der Waals surface area contributed by atoms with Crippen LogP contribution >= 0.6 is 11.6 Å². The molecular weight excluding hydrogens is 206 g/mol. The van der Waals surface area contributed by atoms with Crippen molar-refractivity contribution < 1.29 is 0 Å². The lowest BCUT2D eigenvalue weighted by Crippen LogP contribution is -1.93. The summed E-state index contributed by atoms with van der Waals surface area (Å²) in [5.41, 5.74) is 2.33. The lowest BCUT2D eigenvalue weighted by Gasteiger charge is -2.06. The lowest BCUT2D eigenvalue weighted by molar-refractivity contribution is 0.648. The number of hydrogen-bond acceptors (Lipinski definition) is 1. The zero-order chi connectivity index (χ0) is 10.8. The molecule has 1 nitrogen and oxygen atoms in total. The number of benzene rings is 1. The van der Waals surface area contributed by atoms with E-state index in [-0.39, 0.29) is 0 Å². The Kier molecular flexibility index (Phi) is 2.92. The third-order valence-electron chi connectivity index (χ3n) is 2.36. The van der Waals surface area contributed by atoms with Crippen molar-refractivity contribution in [1.82, 2.24) is 4.98 Å². The normalized spacial score (nSPS) is 11.2. The molecule has 2 heteroatoms. The van der Waals surface area contributed by atoms with Crippen LogP contribution in [0.2, 0.25) is 5.15 Å². The van der Waals surface area contributed by atoms with Crippen LogP contribution in [0.1, 0.15) is 19.4 Å². The zero-order valence-corrected chi connectivity index (χ0v) is 9.75. The van der Waals surface area contributed by atoms with Gasteiger partial charge in [0.2, 0.25) is 0 Å². The van der Waals surface area contributed by atoms with Crippen LogP contribution in [0, 0.1) is 5.92 Å². The summed E-state index contributed by atoms with van der Waals surface area (Å²) in [6.07, 6.45) is 1.11. The molecule has 0 spiro atoms. The predicted molar refractivity (Wildman–Crippen MR) is 65.3 cm³/mol. The molecule has 1 aromatic heterocycles. The van der Waals surface area contributed by atoms with Crippen molar-refractivity contribution in [1.29, 1.82) is 0 Å². The first kappa shape index (κ1) is 10.4. The average molecular weight is 220 g/mol. The van der Waals surface area contributed by atoms with E-state index in [0.29, 0.717) is 11.1 Å². The molecule has 78 valence electrons. The largest absolute Gasteiger partial charge is 0.236 e. The number of pyridine rings is 1. The Hall–Kier alpha value is -1.08. The Morgan fingerprint density at radius 2 is 2.00 bits per heavy atom. The summed E-state index contributed by atoms with van der Waals surface area (Å²) < 4.78 is 0. The van der Waals surface area contributed by atoms with Crippen molar-refractivity contribution in [3.8, 4) is 0 Å². The van der Waals surface area contributed by atoms with E-state index in [2.05, 4.69) is 31.0 Å². The van der Waals surface area contributed by atoms with Gasteiger partial charge in [-0.3, -0.25) is 0 Å². The van der Waals surface area contributed by atoms with Crippen LogP contribution in [-0.2, 0) is 6.42 Å². The van der Waals surface area contributed by atoms with E-state index >= 15 is 0 Å². The number of halogens is 1. The summed E-state index contributed by atoms with van der Waals surface area (Å²) in [6, 6.07) is 10.2. The first-order valence-corrected chi connectivity index (χ1v) is 5.58. The smallest absolute Gasteiger partial charge is 0.129 e. The Morgan fingerprint density at radius 3 is 2.73 bits per heavy atom. The van der Waals surface area contributed by atoms with Gasteiger partial charge >= 0.3 is 0 Å². The van der Waals surface area contributed by atoms with Gasteiger partial charge in [0, 0.05) is 5.39 Å². The van der Waals surface area contributed by atoms with E-state index in [1.807, 2.05) is 18.2 Å². The summed E-state index contributed by atoms with van der Waals surface area (Å²) in [5.74, 6) is 0.683. The van der Waals surface area contributed by atoms with Gasteiger partial charge in [-0.25, -0.2) is 4.98 Å². The maximum absolute atomic E-state index is 5.83. The van der Waals surface area contributed by atoms with Gasteiger partial charge in [-0.2, -0.15) is 0 Å². The number of aromatic nitrogens is 1. The molecule has 0 saturated carbocycles. The van der Waals surface area contributed by atoms with E-state index in [0.717, 1.165) is 17.3 Å². The van der Waals surface area contributed by atoms with Crippen LogP contribution in [0.3, 0.4) is 0 Å². The second-order valence-electron chi connectivity index (χ2n) is 4.26. The summed E-state index contributed by atoms with van der Waals surface area (Å²) >= 11 is 5.83.